The molecule has 0 saturated carbocycles. The van der Waals surface area contributed by atoms with Crippen molar-refractivity contribution >= 4 is 23.8 Å². The molecule has 130 valence electrons. The number of nitrogens with zero attached hydrogens (tertiary/aromatic N) is 1. The Bertz CT molecular complexity index is 482. The number of rotatable bonds is 8. The number of carboxylic acids is 2. The van der Waals surface area contributed by atoms with Crippen LogP contribution in [0.3, 0.4) is 0 Å². The predicted molar refractivity (Wildman–Crippen MR) is 76.2 cm³/mol. The molecule has 1 aliphatic heterocycles. The number of likely N-dealkylation sites (tertiary alicyclic amines) is 1. The van der Waals surface area contributed by atoms with Crippen LogP contribution in [0.15, 0.2) is 0 Å². The van der Waals surface area contributed by atoms with E-state index in [0.717, 1.165) is 4.90 Å². The molecule has 0 aromatic heterocycles. The Morgan fingerprint density at radius 2 is 1.91 bits per heavy atom. The van der Waals surface area contributed by atoms with Gasteiger partial charge in [0.25, 0.3) is 0 Å². The van der Waals surface area contributed by atoms with E-state index >= 15 is 0 Å². The van der Waals surface area contributed by atoms with Gasteiger partial charge in [-0.15, -0.1) is 0 Å². The van der Waals surface area contributed by atoms with Crippen molar-refractivity contribution in [2.75, 3.05) is 13.2 Å². The first-order valence-corrected chi connectivity index (χ1v) is 7.19. The minimum absolute atomic E-state index is 0.194. The fraction of sp³-hybridized carbons (Fsp3) is 0.692. The van der Waals surface area contributed by atoms with E-state index in [1.54, 1.807) is 0 Å². The third kappa shape index (κ3) is 5.18. The zero-order valence-electron chi connectivity index (χ0n) is 12.5. The Morgan fingerprint density at radius 1 is 1.26 bits per heavy atom. The highest BCUT2D eigenvalue weighted by atomic mass is 16.4. The van der Waals surface area contributed by atoms with Crippen LogP contribution in [-0.4, -0.2) is 75.2 Å². The Labute approximate surface area is 132 Å². The average Bonchev–Trinajstić information content (AvgIpc) is 2.99. The summed E-state index contributed by atoms with van der Waals surface area (Å²) in [6, 6.07) is -3.43. The number of carbonyl (C=O) groups is 4. The second kappa shape index (κ2) is 8.44. The van der Waals surface area contributed by atoms with Gasteiger partial charge in [0.15, 0.2) is 0 Å². The number of aliphatic hydroxyl groups is 1. The number of amides is 2. The van der Waals surface area contributed by atoms with Crippen LogP contribution in [0.2, 0.25) is 0 Å². The standard InChI is InChI=1S/C13H21N3O7/c14-7(6-17)11(20)15-8(3-4-10(18)19)12(21)16-5-1-2-9(16)13(22)23/h7-9,17H,1-6,14H2,(H,15,20)(H,18,19)(H,22,23). The maximum atomic E-state index is 12.5. The average molecular weight is 331 g/mol. The molecule has 3 atom stereocenters. The molecule has 6 N–H and O–H groups in total. The van der Waals surface area contributed by atoms with Gasteiger partial charge in [0.1, 0.15) is 18.1 Å². The SMILES string of the molecule is NC(CO)C(=O)NC(CCC(=O)O)C(=O)N1CCCC1C(=O)O. The lowest BCUT2D eigenvalue weighted by atomic mass is 10.1. The fourth-order valence-electron chi connectivity index (χ4n) is 2.37. The predicted octanol–water partition coefficient (Wildman–Crippen LogP) is -2.27. The van der Waals surface area contributed by atoms with Gasteiger partial charge < -0.3 is 31.3 Å². The lowest BCUT2D eigenvalue weighted by Gasteiger charge is -2.27. The molecule has 0 aromatic carbocycles. The molecule has 2 amide bonds. The second-order valence-electron chi connectivity index (χ2n) is 5.31. The number of nitrogens with one attached hydrogen (secondary N) is 1. The Hall–Kier alpha value is -2.20. The van der Waals surface area contributed by atoms with Crippen LogP contribution in [0, 0.1) is 0 Å². The third-order valence-electron chi connectivity index (χ3n) is 3.62. The Kier molecular flexibility index (Phi) is 6.91. The van der Waals surface area contributed by atoms with Crippen molar-refractivity contribution < 1.29 is 34.5 Å². The fourth-order valence-corrected chi connectivity index (χ4v) is 2.37. The van der Waals surface area contributed by atoms with Crippen molar-refractivity contribution in [2.24, 2.45) is 5.73 Å². The van der Waals surface area contributed by atoms with Gasteiger partial charge in [-0.1, -0.05) is 0 Å². The molecule has 10 nitrogen and oxygen atoms in total. The number of hydrogen-bond donors (Lipinski definition) is 5. The largest absolute Gasteiger partial charge is 0.481 e. The van der Waals surface area contributed by atoms with E-state index in [4.69, 9.17) is 21.1 Å². The van der Waals surface area contributed by atoms with E-state index in [1.807, 2.05) is 0 Å². The quantitative estimate of drug-likeness (QED) is 0.331. The van der Waals surface area contributed by atoms with E-state index in [2.05, 4.69) is 5.32 Å². The van der Waals surface area contributed by atoms with Gasteiger partial charge in [-0.05, 0) is 19.3 Å². The summed E-state index contributed by atoms with van der Waals surface area (Å²) in [4.78, 5) is 47.2. The van der Waals surface area contributed by atoms with Crippen LogP contribution in [0.4, 0.5) is 0 Å². The molecule has 1 fully saturated rings. The third-order valence-corrected chi connectivity index (χ3v) is 3.62. The van der Waals surface area contributed by atoms with Crippen molar-refractivity contribution in [1.82, 2.24) is 10.2 Å². The van der Waals surface area contributed by atoms with Gasteiger partial charge in [-0.3, -0.25) is 14.4 Å². The molecule has 1 aliphatic rings. The molecule has 0 radical (unpaired) electrons. The first-order chi connectivity index (χ1) is 10.8. The van der Waals surface area contributed by atoms with Crippen LogP contribution >= 0.6 is 0 Å². The normalized spacial score (nSPS) is 19.9. The summed E-state index contributed by atoms with van der Waals surface area (Å²) in [5.74, 6) is -3.76. The molecule has 0 aliphatic carbocycles. The molecular weight excluding hydrogens is 310 g/mol. The number of carboxylic acid groups (broad SMARTS) is 2. The van der Waals surface area contributed by atoms with E-state index in [9.17, 15) is 19.2 Å². The van der Waals surface area contributed by atoms with E-state index in [1.165, 1.54) is 0 Å². The van der Waals surface area contributed by atoms with Crippen molar-refractivity contribution in [3.8, 4) is 0 Å². The monoisotopic (exact) mass is 331 g/mol. The molecule has 3 unspecified atom stereocenters. The van der Waals surface area contributed by atoms with Crippen LogP contribution in [-0.2, 0) is 19.2 Å². The van der Waals surface area contributed by atoms with E-state index in [0.29, 0.717) is 12.8 Å². The van der Waals surface area contributed by atoms with Gasteiger partial charge in [0.05, 0.1) is 6.61 Å². The highest BCUT2D eigenvalue weighted by molar-refractivity contribution is 5.92. The Balaban J connectivity index is 2.84. The molecule has 0 spiro atoms. The van der Waals surface area contributed by atoms with Crippen LogP contribution in [0.1, 0.15) is 25.7 Å². The summed E-state index contributed by atoms with van der Waals surface area (Å²) >= 11 is 0. The summed E-state index contributed by atoms with van der Waals surface area (Å²) in [5.41, 5.74) is 5.35. The summed E-state index contributed by atoms with van der Waals surface area (Å²) in [5, 5.41) is 29.0. The summed E-state index contributed by atoms with van der Waals surface area (Å²) in [7, 11) is 0. The van der Waals surface area contributed by atoms with Crippen molar-refractivity contribution in [3.05, 3.63) is 0 Å². The van der Waals surface area contributed by atoms with Gasteiger partial charge in [-0.2, -0.15) is 0 Å². The zero-order valence-corrected chi connectivity index (χ0v) is 12.5. The highest BCUT2D eigenvalue weighted by Crippen LogP contribution is 2.19. The van der Waals surface area contributed by atoms with Gasteiger partial charge >= 0.3 is 11.9 Å². The first-order valence-electron chi connectivity index (χ1n) is 7.19. The number of hydrogen-bond acceptors (Lipinski definition) is 6. The van der Waals surface area contributed by atoms with Gasteiger partial charge in [0.2, 0.25) is 11.8 Å². The molecule has 0 bridgehead atoms. The lowest BCUT2D eigenvalue weighted by molar-refractivity contribution is -0.150. The number of aliphatic hydroxyl groups excluding tert-OH is 1. The molecule has 10 heteroatoms. The van der Waals surface area contributed by atoms with Crippen LogP contribution < -0.4 is 11.1 Å². The molecule has 1 rings (SSSR count). The number of aliphatic carboxylic acids is 2. The maximum absolute atomic E-state index is 12.5. The number of carbonyl (C=O) groups excluding carboxylic acids is 2. The molecule has 1 heterocycles. The molecule has 23 heavy (non-hydrogen) atoms. The summed E-state index contributed by atoms with van der Waals surface area (Å²) in [6.07, 6.45) is 0.243. The minimum Gasteiger partial charge on any atom is -0.481 e. The van der Waals surface area contributed by atoms with Gasteiger partial charge in [0, 0.05) is 13.0 Å². The summed E-state index contributed by atoms with van der Waals surface area (Å²) in [6.45, 7) is -0.408. The topological polar surface area (TPSA) is 170 Å². The van der Waals surface area contributed by atoms with E-state index in [-0.39, 0.29) is 19.4 Å². The minimum atomic E-state index is -1.25. The smallest absolute Gasteiger partial charge is 0.326 e. The highest BCUT2D eigenvalue weighted by Gasteiger charge is 2.37. The second-order valence-corrected chi connectivity index (χ2v) is 5.31. The zero-order chi connectivity index (χ0) is 17.6. The lowest BCUT2D eigenvalue weighted by Crippen LogP contribution is -2.55. The Morgan fingerprint density at radius 3 is 2.43 bits per heavy atom. The van der Waals surface area contributed by atoms with Crippen molar-refractivity contribution in [1.29, 1.82) is 0 Å². The van der Waals surface area contributed by atoms with Crippen LogP contribution in [0.25, 0.3) is 0 Å². The summed E-state index contributed by atoms with van der Waals surface area (Å²) < 4.78 is 0. The first kappa shape index (κ1) is 18.8. The molecule has 0 aromatic rings. The van der Waals surface area contributed by atoms with Crippen LogP contribution in [0.5, 0.6) is 0 Å². The van der Waals surface area contributed by atoms with Crippen molar-refractivity contribution in [3.63, 3.8) is 0 Å². The molecule has 1 saturated heterocycles. The van der Waals surface area contributed by atoms with Gasteiger partial charge in [-0.25, -0.2) is 4.79 Å². The number of nitrogens with two attached hydrogens (primary N) is 1. The molecular formula is C13H21N3O7. The maximum Gasteiger partial charge on any atom is 0.326 e. The van der Waals surface area contributed by atoms with E-state index < -0.39 is 48.5 Å². The van der Waals surface area contributed by atoms with Crippen molar-refractivity contribution in [2.45, 2.75) is 43.8 Å².